The Morgan fingerprint density at radius 1 is 1.35 bits per heavy atom. The average molecular weight is 279 g/mol. The highest BCUT2D eigenvalue weighted by molar-refractivity contribution is 5.45. The Morgan fingerprint density at radius 3 is 3.05 bits per heavy atom. The van der Waals surface area contributed by atoms with Gasteiger partial charge in [-0.05, 0) is 37.5 Å². The van der Waals surface area contributed by atoms with Gasteiger partial charge in [-0.15, -0.1) is 0 Å². The fourth-order valence-electron chi connectivity index (χ4n) is 2.70. The normalized spacial score (nSPS) is 26.5. The summed E-state index contributed by atoms with van der Waals surface area (Å²) in [4.78, 5) is 0. The highest BCUT2D eigenvalue weighted by Gasteiger charge is 2.21. The number of aliphatic hydroxyl groups is 1. The lowest BCUT2D eigenvalue weighted by Gasteiger charge is -2.28. The Labute approximate surface area is 118 Å². The predicted octanol–water partition coefficient (Wildman–Crippen LogP) is 1.61. The second-order valence-electron chi connectivity index (χ2n) is 5.44. The molecule has 1 aromatic rings. The molecule has 2 heterocycles. The average Bonchev–Trinajstić information content (AvgIpc) is 2.92. The first-order chi connectivity index (χ1) is 9.72. The van der Waals surface area contributed by atoms with Crippen LogP contribution in [0, 0.1) is 0 Å². The minimum Gasteiger partial charge on any atom is -0.454 e. The third-order valence-electron chi connectivity index (χ3n) is 3.87. The summed E-state index contributed by atoms with van der Waals surface area (Å²) in [6.45, 7) is 3.67. The monoisotopic (exact) mass is 279 g/mol. The molecule has 2 N–H and O–H groups in total. The first kappa shape index (κ1) is 13.7. The molecule has 3 atom stereocenters. The van der Waals surface area contributed by atoms with Crippen molar-refractivity contribution in [2.24, 2.45) is 0 Å². The number of rotatable bonds is 4. The number of fused-ring (bicyclic) bond motifs is 1. The van der Waals surface area contributed by atoms with Crippen molar-refractivity contribution in [3.63, 3.8) is 0 Å². The molecule has 0 saturated carbocycles. The summed E-state index contributed by atoms with van der Waals surface area (Å²) in [5.41, 5.74) is 0.849. The van der Waals surface area contributed by atoms with Crippen LogP contribution in [0.2, 0.25) is 0 Å². The van der Waals surface area contributed by atoms with Crippen LogP contribution in [0.1, 0.15) is 31.4 Å². The van der Waals surface area contributed by atoms with Gasteiger partial charge in [0, 0.05) is 19.2 Å². The Morgan fingerprint density at radius 2 is 2.20 bits per heavy atom. The quantitative estimate of drug-likeness (QED) is 0.877. The minimum atomic E-state index is -0.539. The zero-order chi connectivity index (χ0) is 13.9. The van der Waals surface area contributed by atoms with E-state index in [1.165, 1.54) is 0 Å². The standard InChI is InChI=1S/C15H21NO4/c1-10-6-12(4-5-18-10)16-8-13(17)11-2-3-14-15(7-11)20-9-19-14/h2-3,7,10,12-13,16-17H,4-6,8-9H2,1H3. The van der Waals surface area contributed by atoms with E-state index in [-0.39, 0.29) is 6.79 Å². The van der Waals surface area contributed by atoms with Crippen LogP contribution in [0.15, 0.2) is 18.2 Å². The van der Waals surface area contributed by atoms with Gasteiger partial charge >= 0.3 is 0 Å². The first-order valence-electron chi connectivity index (χ1n) is 7.15. The van der Waals surface area contributed by atoms with Crippen LogP contribution in [0.3, 0.4) is 0 Å². The molecule has 2 aliphatic heterocycles. The topological polar surface area (TPSA) is 60.0 Å². The summed E-state index contributed by atoms with van der Waals surface area (Å²) < 4.78 is 16.1. The van der Waals surface area contributed by atoms with Gasteiger partial charge < -0.3 is 24.6 Å². The molecule has 0 aromatic heterocycles. The van der Waals surface area contributed by atoms with Crippen molar-refractivity contribution in [2.75, 3.05) is 19.9 Å². The van der Waals surface area contributed by atoms with Crippen LogP contribution in [0.5, 0.6) is 11.5 Å². The second-order valence-corrected chi connectivity index (χ2v) is 5.44. The maximum atomic E-state index is 10.3. The van der Waals surface area contributed by atoms with E-state index in [1.807, 2.05) is 18.2 Å². The number of hydrogen-bond acceptors (Lipinski definition) is 5. The van der Waals surface area contributed by atoms with Crippen molar-refractivity contribution >= 4 is 0 Å². The van der Waals surface area contributed by atoms with Crippen molar-refractivity contribution in [1.82, 2.24) is 5.32 Å². The van der Waals surface area contributed by atoms with Gasteiger partial charge in [0.2, 0.25) is 6.79 Å². The van der Waals surface area contributed by atoms with Crippen molar-refractivity contribution in [1.29, 1.82) is 0 Å². The lowest BCUT2D eigenvalue weighted by Crippen LogP contribution is -2.39. The van der Waals surface area contributed by atoms with E-state index in [4.69, 9.17) is 14.2 Å². The molecule has 2 aliphatic rings. The lowest BCUT2D eigenvalue weighted by molar-refractivity contribution is 0.0109. The number of aliphatic hydroxyl groups excluding tert-OH is 1. The van der Waals surface area contributed by atoms with Gasteiger partial charge in [-0.25, -0.2) is 0 Å². The van der Waals surface area contributed by atoms with Crippen LogP contribution in [-0.2, 0) is 4.74 Å². The molecular weight excluding hydrogens is 258 g/mol. The summed E-state index contributed by atoms with van der Waals surface area (Å²) >= 11 is 0. The largest absolute Gasteiger partial charge is 0.454 e. The molecule has 0 spiro atoms. The number of ether oxygens (including phenoxy) is 3. The van der Waals surface area contributed by atoms with Gasteiger partial charge in [0.1, 0.15) is 0 Å². The Kier molecular flexibility index (Phi) is 4.10. The summed E-state index contributed by atoms with van der Waals surface area (Å²) in [5.74, 6) is 1.45. The predicted molar refractivity (Wildman–Crippen MR) is 74.0 cm³/mol. The molecule has 5 heteroatoms. The summed E-state index contributed by atoms with van der Waals surface area (Å²) in [6, 6.07) is 5.99. The van der Waals surface area contributed by atoms with Crippen LogP contribution >= 0.6 is 0 Å². The summed E-state index contributed by atoms with van der Waals surface area (Å²) in [5, 5.41) is 13.7. The molecule has 1 aromatic carbocycles. The van der Waals surface area contributed by atoms with Crippen LogP contribution < -0.4 is 14.8 Å². The molecule has 1 saturated heterocycles. The minimum absolute atomic E-state index is 0.257. The molecule has 0 amide bonds. The Bertz CT molecular complexity index is 465. The van der Waals surface area contributed by atoms with E-state index in [0.29, 0.717) is 24.4 Å². The molecule has 3 unspecified atom stereocenters. The second kappa shape index (κ2) is 5.99. The van der Waals surface area contributed by atoms with E-state index < -0.39 is 6.10 Å². The highest BCUT2D eigenvalue weighted by Crippen LogP contribution is 2.34. The smallest absolute Gasteiger partial charge is 0.231 e. The maximum absolute atomic E-state index is 10.3. The summed E-state index contributed by atoms with van der Waals surface area (Å²) in [7, 11) is 0. The van der Waals surface area contributed by atoms with E-state index in [2.05, 4.69) is 12.2 Å². The molecule has 0 bridgehead atoms. The maximum Gasteiger partial charge on any atom is 0.231 e. The fourth-order valence-corrected chi connectivity index (χ4v) is 2.70. The Balaban J connectivity index is 1.55. The van der Waals surface area contributed by atoms with Gasteiger partial charge in [0.25, 0.3) is 0 Å². The molecule has 3 rings (SSSR count). The fraction of sp³-hybridized carbons (Fsp3) is 0.600. The van der Waals surface area contributed by atoms with Crippen LogP contribution in [0.25, 0.3) is 0 Å². The molecule has 0 aliphatic carbocycles. The van der Waals surface area contributed by atoms with E-state index >= 15 is 0 Å². The van der Waals surface area contributed by atoms with Crippen LogP contribution in [-0.4, -0.2) is 37.2 Å². The van der Waals surface area contributed by atoms with Gasteiger partial charge in [-0.3, -0.25) is 0 Å². The summed E-state index contributed by atoms with van der Waals surface area (Å²) in [6.07, 6.45) is 1.75. The third kappa shape index (κ3) is 3.06. The number of benzene rings is 1. The lowest BCUT2D eigenvalue weighted by atomic mass is 10.0. The first-order valence-corrected chi connectivity index (χ1v) is 7.15. The van der Waals surface area contributed by atoms with Gasteiger partial charge in [0.15, 0.2) is 11.5 Å². The third-order valence-corrected chi connectivity index (χ3v) is 3.87. The van der Waals surface area contributed by atoms with Gasteiger partial charge in [0.05, 0.1) is 12.2 Å². The number of nitrogens with one attached hydrogen (secondary N) is 1. The SMILES string of the molecule is CC1CC(NCC(O)c2ccc3c(c2)OCO3)CCO1. The van der Waals surface area contributed by atoms with Crippen LogP contribution in [0.4, 0.5) is 0 Å². The van der Waals surface area contributed by atoms with E-state index in [0.717, 1.165) is 30.8 Å². The van der Waals surface area contributed by atoms with Gasteiger partial charge in [-0.2, -0.15) is 0 Å². The zero-order valence-corrected chi connectivity index (χ0v) is 11.7. The molecule has 110 valence electrons. The van der Waals surface area contributed by atoms with Crippen molar-refractivity contribution < 1.29 is 19.3 Å². The Hall–Kier alpha value is -1.30. The van der Waals surface area contributed by atoms with E-state index in [9.17, 15) is 5.11 Å². The van der Waals surface area contributed by atoms with Crippen molar-refractivity contribution in [3.05, 3.63) is 23.8 Å². The molecular formula is C15H21NO4. The molecule has 1 fully saturated rings. The highest BCUT2D eigenvalue weighted by atomic mass is 16.7. The zero-order valence-electron chi connectivity index (χ0n) is 11.7. The number of hydrogen-bond donors (Lipinski definition) is 2. The molecule has 20 heavy (non-hydrogen) atoms. The molecule has 0 radical (unpaired) electrons. The van der Waals surface area contributed by atoms with E-state index in [1.54, 1.807) is 0 Å². The van der Waals surface area contributed by atoms with Crippen molar-refractivity contribution in [3.8, 4) is 11.5 Å². The molecule has 5 nitrogen and oxygen atoms in total. The van der Waals surface area contributed by atoms with Crippen molar-refractivity contribution in [2.45, 2.75) is 38.0 Å². The van der Waals surface area contributed by atoms with Gasteiger partial charge in [-0.1, -0.05) is 6.07 Å².